The van der Waals surface area contributed by atoms with E-state index in [2.05, 4.69) is 0 Å². The molecular formula is C11H18N2O2S2. The summed E-state index contributed by atoms with van der Waals surface area (Å²) >= 11 is 1.62. The zero-order valence-electron chi connectivity index (χ0n) is 10.3. The lowest BCUT2D eigenvalue weighted by Gasteiger charge is -2.18. The molecule has 0 aliphatic carbocycles. The third-order valence-corrected chi connectivity index (χ3v) is 5.10. The molecule has 0 amide bonds. The Bertz CT molecular complexity index is 486. The molecule has 2 N–H and O–H groups in total. The van der Waals surface area contributed by atoms with Crippen LogP contribution in [0.5, 0.6) is 0 Å². The number of hydrogen-bond acceptors (Lipinski definition) is 4. The van der Waals surface area contributed by atoms with E-state index in [1.165, 1.54) is 10.4 Å². The fourth-order valence-corrected chi connectivity index (χ4v) is 3.40. The molecule has 0 aliphatic rings. The lowest BCUT2D eigenvalue weighted by atomic mass is 10.2. The Balaban J connectivity index is 3.08. The molecule has 1 aromatic rings. The van der Waals surface area contributed by atoms with Crippen molar-refractivity contribution >= 4 is 27.5 Å². The summed E-state index contributed by atoms with van der Waals surface area (Å²) in [6.45, 7) is 2.27. The van der Waals surface area contributed by atoms with Gasteiger partial charge < -0.3 is 5.73 Å². The standard InChI is InChI=1S/C11H18N2O2S2/c1-9-4-5-10(12)8-11(9)17(14,15)13(2)6-7-16-3/h4-5,8H,6-7,12H2,1-3H3. The molecule has 6 heteroatoms. The molecule has 96 valence electrons. The van der Waals surface area contributed by atoms with Gasteiger partial charge in [0.05, 0.1) is 4.90 Å². The van der Waals surface area contributed by atoms with Crippen LogP contribution < -0.4 is 5.73 Å². The van der Waals surface area contributed by atoms with Gasteiger partial charge in [-0.3, -0.25) is 0 Å². The number of benzene rings is 1. The fourth-order valence-electron chi connectivity index (χ4n) is 1.40. The average Bonchev–Trinajstić information content (AvgIpc) is 2.28. The van der Waals surface area contributed by atoms with Crippen LogP contribution in [0.2, 0.25) is 0 Å². The van der Waals surface area contributed by atoms with Crippen molar-refractivity contribution in [2.45, 2.75) is 11.8 Å². The number of aryl methyl sites for hydroxylation is 1. The van der Waals surface area contributed by atoms with Gasteiger partial charge in [-0.1, -0.05) is 6.07 Å². The second-order valence-corrected chi connectivity index (χ2v) is 6.84. The van der Waals surface area contributed by atoms with Crippen molar-refractivity contribution in [2.75, 3.05) is 31.3 Å². The molecule has 0 spiro atoms. The fraction of sp³-hybridized carbons (Fsp3) is 0.455. The molecule has 1 rings (SSSR count). The molecule has 0 atom stereocenters. The van der Waals surface area contributed by atoms with E-state index in [-0.39, 0.29) is 0 Å². The first-order valence-corrected chi connectivity index (χ1v) is 8.04. The summed E-state index contributed by atoms with van der Waals surface area (Å²) in [5.41, 5.74) is 6.82. The van der Waals surface area contributed by atoms with Crippen LogP contribution in [0, 0.1) is 6.92 Å². The summed E-state index contributed by atoms with van der Waals surface area (Å²) in [4.78, 5) is 0.293. The maximum atomic E-state index is 12.3. The van der Waals surface area contributed by atoms with E-state index < -0.39 is 10.0 Å². The van der Waals surface area contributed by atoms with Crippen molar-refractivity contribution in [3.05, 3.63) is 23.8 Å². The van der Waals surface area contributed by atoms with Crippen molar-refractivity contribution in [2.24, 2.45) is 0 Å². The van der Waals surface area contributed by atoms with E-state index in [9.17, 15) is 8.42 Å². The summed E-state index contributed by atoms with van der Waals surface area (Å²) in [7, 11) is -1.83. The maximum Gasteiger partial charge on any atom is 0.243 e. The molecular weight excluding hydrogens is 256 g/mol. The average molecular weight is 274 g/mol. The van der Waals surface area contributed by atoms with E-state index in [4.69, 9.17) is 5.73 Å². The Labute approximate surface area is 107 Å². The van der Waals surface area contributed by atoms with Gasteiger partial charge in [-0.2, -0.15) is 11.8 Å². The highest BCUT2D eigenvalue weighted by atomic mass is 32.2. The van der Waals surface area contributed by atoms with E-state index in [0.29, 0.717) is 17.1 Å². The largest absolute Gasteiger partial charge is 0.399 e. The molecule has 0 aromatic heterocycles. The first kappa shape index (κ1) is 14.3. The van der Waals surface area contributed by atoms with E-state index >= 15 is 0 Å². The predicted molar refractivity (Wildman–Crippen MR) is 73.8 cm³/mol. The van der Waals surface area contributed by atoms with Gasteiger partial charge in [0, 0.05) is 25.0 Å². The monoisotopic (exact) mass is 274 g/mol. The summed E-state index contributed by atoms with van der Waals surface area (Å²) < 4.78 is 25.9. The molecule has 4 nitrogen and oxygen atoms in total. The van der Waals surface area contributed by atoms with Gasteiger partial charge in [-0.05, 0) is 30.9 Å². The summed E-state index contributed by atoms with van der Waals surface area (Å²) in [5, 5.41) is 0. The highest BCUT2D eigenvalue weighted by Crippen LogP contribution is 2.21. The van der Waals surface area contributed by atoms with Gasteiger partial charge in [0.15, 0.2) is 0 Å². The number of nitrogen functional groups attached to an aromatic ring is 1. The molecule has 17 heavy (non-hydrogen) atoms. The Morgan fingerprint density at radius 2 is 2.06 bits per heavy atom. The van der Waals surface area contributed by atoms with Gasteiger partial charge in [0.25, 0.3) is 0 Å². The van der Waals surface area contributed by atoms with Gasteiger partial charge in [-0.25, -0.2) is 12.7 Å². The molecule has 0 bridgehead atoms. The van der Waals surface area contributed by atoms with Crippen molar-refractivity contribution in [3.63, 3.8) is 0 Å². The zero-order valence-corrected chi connectivity index (χ0v) is 11.9. The van der Waals surface area contributed by atoms with Crippen LogP contribution in [-0.4, -0.2) is 38.3 Å². The van der Waals surface area contributed by atoms with Crippen molar-refractivity contribution in [1.82, 2.24) is 4.31 Å². The number of nitrogens with two attached hydrogens (primary N) is 1. The number of sulfonamides is 1. The number of nitrogens with zero attached hydrogens (tertiary/aromatic N) is 1. The normalized spacial score (nSPS) is 12.0. The highest BCUT2D eigenvalue weighted by Gasteiger charge is 2.22. The van der Waals surface area contributed by atoms with E-state index in [0.717, 1.165) is 11.3 Å². The lowest BCUT2D eigenvalue weighted by molar-refractivity contribution is 0.488. The molecule has 0 heterocycles. The minimum atomic E-state index is -3.42. The predicted octanol–water partition coefficient (Wildman–Crippen LogP) is 1.56. The van der Waals surface area contributed by atoms with Crippen LogP contribution in [0.15, 0.2) is 23.1 Å². The van der Waals surface area contributed by atoms with Crippen LogP contribution in [0.25, 0.3) is 0 Å². The second kappa shape index (κ2) is 5.75. The number of thioether (sulfide) groups is 1. The Kier molecular flexibility index (Phi) is 4.85. The first-order valence-electron chi connectivity index (χ1n) is 5.21. The number of hydrogen-bond donors (Lipinski definition) is 1. The van der Waals surface area contributed by atoms with Crippen molar-refractivity contribution in [3.8, 4) is 0 Å². The van der Waals surface area contributed by atoms with Gasteiger partial charge in [0.2, 0.25) is 10.0 Å². The molecule has 0 aliphatic heterocycles. The van der Waals surface area contributed by atoms with Crippen LogP contribution in [0.1, 0.15) is 5.56 Å². The topological polar surface area (TPSA) is 63.4 Å². The quantitative estimate of drug-likeness (QED) is 0.828. The molecule has 0 unspecified atom stereocenters. The Hall–Kier alpha value is -0.720. The molecule has 0 saturated carbocycles. The van der Waals surface area contributed by atoms with Crippen molar-refractivity contribution < 1.29 is 8.42 Å². The number of rotatable bonds is 5. The summed E-state index contributed by atoms with van der Waals surface area (Å²) in [6.07, 6.45) is 1.95. The molecule has 0 radical (unpaired) electrons. The Morgan fingerprint density at radius 1 is 1.41 bits per heavy atom. The van der Waals surface area contributed by atoms with Crippen LogP contribution >= 0.6 is 11.8 Å². The van der Waals surface area contributed by atoms with Gasteiger partial charge in [-0.15, -0.1) is 0 Å². The maximum absolute atomic E-state index is 12.3. The van der Waals surface area contributed by atoms with Crippen LogP contribution in [-0.2, 0) is 10.0 Å². The minimum Gasteiger partial charge on any atom is -0.399 e. The van der Waals surface area contributed by atoms with E-state index in [1.54, 1.807) is 37.9 Å². The number of anilines is 1. The highest BCUT2D eigenvalue weighted by molar-refractivity contribution is 7.98. The minimum absolute atomic E-state index is 0.293. The van der Waals surface area contributed by atoms with Gasteiger partial charge >= 0.3 is 0 Å². The third kappa shape index (κ3) is 3.37. The van der Waals surface area contributed by atoms with Crippen LogP contribution in [0.3, 0.4) is 0 Å². The smallest absolute Gasteiger partial charge is 0.243 e. The second-order valence-electron chi connectivity index (χ2n) is 3.84. The van der Waals surface area contributed by atoms with Crippen molar-refractivity contribution in [1.29, 1.82) is 0 Å². The first-order chi connectivity index (χ1) is 7.89. The van der Waals surface area contributed by atoms with Crippen LogP contribution in [0.4, 0.5) is 5.69 Å². The third-order valence-electron chi connectivity index (χ3n) is 2.51. The lowest BCUT2D eigenvalue weighted by Crippen LogP contribution is -2.29. The summed E-state index contributed by atoms with van der Waals surface area (Å²) in [6, 6.07) is 4.95. The van der Waals surface area contributed by atoms with Gasteiger partial charge in [0.1, 0.15) is 0 Å². The zero-order chi connectivity index (χ0) is 13.1. The molecule has 1 aromatic carbocycles. The molecule has 0 saturated heterocycles. The summed E-state index contributed by atoms with van der Waals surface area (Å²) in [5.74, 6) is 0.775. The Morgan fingerprint density at radius 3 is 2.65 bits per heavy atom. The van der Waals surface area contributed by atoms with E-state index in [1.807, 2.05) is 6.26 Å². The SMILES string of the molecule is CSCCN(C)S(=O)(=O)c1cc(N)ccc1C. The molecule has 0 fully saturated rings.